The first-order chi connectivity index (χ1) is 12.1. The fraction of sp³-hybridized carbons (Fsp3) is 0.0588. The van der Waals surface area contributed by atoms with Crippen LogP contribution in [0.15, 0.2) is 52.9 Å². The fourth-order valence-electron chi connectivity index (χ4n) is 2.00. The zero-order chi connectivity index (χ0) is 17.6. The molecule has 0 amide bonds. The standard InChI is InChI=1S/C17H14F2N4OS/c18-14-5-4-13(7-15(14)19)24-9-12-3-1-2-11(6-12)8-21-23-17-22-16(20)10-25-17/h1-8,10H,9,20H2,(H,22,23). The Morgan fingerprint density at radius 2 is 2.08 bits per heavy atom. The van der Waals surface area contributed by atoms with Crippen molar-refractivity contribution < 1.29 is 13.5 Å². The van der Waals surface area contributed by atoms with Gasteiger partial charge in [0.25, 0.3) is 0 Å². The van der Waals surface area contributed by atoms with Gasteiger partial charge in [0.15, 0.2) is 11.6 Å². The summed E-state index contributed by atoms with van der Waals surface area (Å²) in [6.07, 6.45) is 1.64. The summed E-state index contributed by atoms with van der Waals surface area (Å²) in [5.41, 5.74) is 10.0. The van der Waals surface area contributed by atoms with Gasteiger partial charge in [-0.15, -0.1) is 11.3 Å². The van der Waals surface area contributed by atoms with E-state index in [0.29, 0.717) is 10.9 Å². The number of hydrogen-bond acceptors (Lipinski definition) is 6. The monoisotopic (exact) mass is 360 g/mol. The molecule has 0 fully saturated rings. The second kappa shape index (κ2) is 7.71. The van der Waals surface area contributed by atoms with Gasteiger partial charge in [0.05, 0.1) is 6.21 Å². The zero-order valence-electron chi connectivity index (χ0n) is 12.9. The van der Waals surface area contributed by atoms with Crippen LogP contribution in [0.2, 0.25) is 0 Å². The number of nitrogens with one attached hydrogen (secondary N) is 1. The smallest absolute Gasteiger partial charge is 0.205 e. The minimum absolute atomic E-state index is 0.225. The number of nitrogen functional groups attached to an aromatic ring is 1. The molecule has 0 radical (unpaired) electrons. The second-order valence-electron chi connectivity index (χ2n) is 5.06. The molecule has 0 bridgehead atoms. The Kier molecular flexibility index (Phi) is 5.20. The van der Waals surface area contributed by atoms with E-state index < -0.39 is 11.6 Å². The molecule has 3 aromatic rings. The summed E-state index contributed by atoms with van der Waals surface area (Å²) in [5, 5.41) is 6.41. The van der Waals surface area contributed by atoms with Crippen LogP contribution >= 0.6 is 11.3 Å². The van der Waals surface area contributed by atoms with Gasteiger partial charge in [-0.05, 0) is 29.3 Å². The highest BCUT2D eigenvalue weighted by atomic mass is 32.1. The van der Waals surface area contributed by atoms with Crippen molar-refractivity contribution in [2.75, 3.05) is 11.2 Å². The quantitative estimate of drug-likeness (QED) is 0.514. The fourth-order valence-corrected chi connectivity index (χ4v) is 2.54. The van der Waals surface area contributed by atoms with Gasteiger partial charge in [0.2, 0.25) is 5.13 Å². The number of anilines is 2. The van der Waals surface area contributed by atoms with Crippen LogP contribution in [-0.4, -0.2) is 11.2 Å². The van der Waals surface area contributed by atoms with E-state index in [0.717, 1.165) is 23.3 Å². The average molecular weight is 360 g/mol. The van der Waals surface area contributed by atoms with Gasteiger partial charge in [-0.25, -0.2) is 13.8 Å². The minimum Gasteiger partial charge on any atom is -0.489 e. The predicted octanol–water partition coefficient (Wildman–Crippen LogP) is 4.03. The van der Waals surface area contributed by atoms with Crippen LogP contribution in [0.3, 0.4) is 0 Å². The van der Waals surface area contributed by atoms with Crippen LogP contribution in [0.4, 0.5) is 19.7 Å². The van der Waals surface area contributed by atoms with E-state index in [9.17, 15) is 8.78 Å². The molecule has 0 unspecified atom stereocenters. The molecule has 3 rings (SSSR count). The lowest BCUT2D eigenvalue weighted by molar-refractivity contribution is 0.303. The highest BCUT2D eigenvalue weighted by Gasteiger charge is 2.04. The Hall–Kier alpha value is -3.00. The highest BCUT2D eigenvalue weighted by molar-refractivity contribution is 7.14. The van der Waals surface area contributed by atoms with Crippen molar-refractivity contribution >= 4 is 28.5 Å². The third kappa shape index (κ3) is 4.74. The van der Waals surface area contributed by atoms with Gasteiger partial charge in [0.1, 0.15) is 18.2 Å². The molecule has 1 aromatic heterocycles. The number of benzene rings is 2. The second-order valence-corrected chi connectivity index (χ2v) is 5.92. The van der Waals surface area contributed by atoms with Crippen LogP contribution in [0.5, 0.6) is 5.75 Å². The molecule has 25 heavy (non-hydrogen) atoms. The third-order valence-electron chi connectivity index (χ3n) is 3.14. The molecule has 1 heterocycles. The van der Waals surface area contributed by atoms with Gasteiger partial charge in [-0.3, -0.25) is 5.43 Å². The van der Waals surface area contributed by atoms with Crippen LogP contribution in [-0.2, 0) is 6.61 Å². The summed E-state index contributed by atoms with van der Waals surface area (Å²) in [6, 6.07) is 10.9. The molecule has 8 heteroatoms. The molecular weight excluding hydrogens is 346 g/mol. The maximum atomic E-state index is 13.2. The Balaban J connectivity index is 1.59. The normalized spacial score (nSPS) is 11.0. The van der Waals surface area contributed by atoms with Gasteiger partial charge < -0.3 is 10.5 Å². The molecule has 0 atom stereocenters. The SMILES string of the molecule is Nc1csc(NN=Cc2cccc(COc3ccc(F)c(F)c3)c2)n1. The number of hydrogen-bond donors (Lipinski definition) is 2. The molecule has 5 nitrogen and oxygen atoms in total. The lowest BCUT2D eigenvalue weighted by Gasteiger charge is -2.07. The van der Waals surface area contributed by atoms with Crippen LogP contribution in [0.25, 0.3) is 0 Å². The first kappa shape index (κ1) is 16.8. The number of hydrazone groups is 1. The Morgan fingerprint density at radius 3 is 2.84 bits per heavy atom. The summed E-state index contributed by atoms with van der Waals surface area (Å²) < 4.78 is 31.5. The van der Waals surface area contributed by atoms with Crippen LogP contribution in [0, 0.1) is 11.6 Å². The lowest BCUT2D eigenvalue weighted by Crippen LogP contribution is -1.98. The number of thiazole rings is 1. The summed E-state index contributed by atoms with van der Waals surface area (Å²) in [6.45, 7) is 0.225. The van der Waals surface area contributed by atoms with E-state index in [2.05, 4.69) is 15.5 Å². The maximum absolute atomic E-state index is 13.2. The maximum Gasteiger partial charge on any atom is 0.205 e. The number of aromatic nitrogens is 1. The summed E-state index contributed by atoms with van der Waals surface area (Å²) in [5.74, 6) is -1.13. The van der Waals surface area contributed by atoms with E-state index in [1.807, 2.05) is 24.3 Å². The number of ether oxygens (including phenoxy) is 1. The third-order valence-corrected chi connectivity index (χ3v) is 3.91. The average Bonchev–Trinajstić information content (AvgIpc) is 3.02. The molecule has 0 aliphatic rings. The molecule has 0 aliphatic carbocycles. The largest absolute Gasteiger partial charge is 0.489 e. The molecule has 0 saturated carbocycles. The molecule has 128 valence electrons. The summed E-state index contributed by atoms with van der Waals surface area (Å²) in [7, 11) is 0. The first-order valence-electron chi connectivity index (χ1n) is 7.27. The number of halogens is 2. The molecule has 3 N–H and O–H groups in total. The van der Waals surface area contributed by atoms with Crippen molar-refractivity contribution in [3.63, 3.8) is 0 Å². The van der Waals surface area contributed by atoms with Crippen molar-refractivity contribution in [1.82, 2.24) is 4.98 Å². The van der Waals surface area contributed by atoms with Gasteiger partial charge in [-0.2, -0.15) is 5.10 Å². The van der Waals surface area contributed by atoms with Crippen molar-refractivity contribution in [2.24, 2.45) is 5.10 Å². The van der Waals surface area contributed by atoms with Gasteiger partial charge in [-0.1, -0.05) is 18.2 Å². The Bertz CT molecular complexity index is 898. The van der Waals surface area contributed by atoms with Gasteiger partial charge >= 0.3 is 0 Å². The first-order valence-corrected chi connectivity index (χ1v) is 8.15. The van der Waals surface area contributed by atoms with Crippen molar-refractivity contribution in [1.29, 1.82) is 0 Å². The summed E-state index contributed by atoms with van der Waals surface area (Å²) >= 11 is 1.36. The zero-order valence-corrected chi connectivity index (χ0v) is 13.8. The number of nitrogens with zero attached hydrogens (tertiary/aromatic N) is 2. The van der Waals surface area contributed by atoms with E-state index in [1.54, 1.807) is 11.6 Å². The molecular formula is C17H14F2N4OS. The molecule has 0 aliphatic heterocycles. The predicted molar refractivity (Wildman–Crippen MR) is 94.9 cm³/mol. The van der Waals surface area contributed by atoms with E-state index in [1.165, 1.54) is 17.4 Å². The molecule has 0 saturated heterocycles. The van der Waals surface area contributed by atoms with E-state index in [4.69, 9.17) is 10.5 Å². The topological polar surface area (TPSA) is 72.5 Å². The van der Waals surface area contributed by atoms with Crippen LogP contribution in [0.1, 0.15) is 11.1 Å². The number of nitrogens with two attached hydrogens (primary N) is 1. The Morgan fingerprint density at radius 1 is 1.20 bits per heavy atom. The van der Waals surface area contributed by atoms with Crippen LogP contribution < -0.4 is 15.9 Å². The lowest BCUT2D eigenvalue weighted by atomic mass is 10.1. The highest BCUT2D eigenvalue weighted by Crippen LogP contribution is 2.18. The summed E-state index contributed by atoms with van der Waals surface area (Å²) in [4.78, 5) is 4.03. The molecule has 2 aromatic carbocycles. The number of rotatable bonds is 6. The Labute approximate surface area is 146 Å². The van der Waals surface area contributed by atoms with Gasteiger partial charge in [0, 0.05) is 11.4 Å². The van der Waals surface area contributed by atoms with Crippen molar-refractivity contribution in [3.05, 3.63) is 70.6 Å². The van der Waals surface area contributed by atoms with E-state index in [-0.39, 0.29) is 12.4 Å². The van der Waals surface area contributed by atoms with Crippen molar-refractivity contribution in [3.8, 4) is 5.75 Å². The van der Waals surface area contributed by atoms with Crippen molar-refractivity contribution in [2.45, 2.75) is 6.61 Å². The van der Waals surface area contributed by atoms with E-state index >= 15 is 0 Å². The minimum atomic E-state index is -0.938. The molecule has 0 spiro atoms.